The lowest BCUT2D eigenvalue weighted by molar-refractivity contribution is -0.141. The molecule has 0 aliphatic heterocycles. The van der Waals surface area contributed by atoms with Crippen molar-refractivity contribution in [1.82, 2.24) is 4.90 Å². The number of carbonyl (C=O) groups is 2. The van der Waals surface area contributed by atoms with Gasteiger partial charge in [0.15, 0.2) is 0 Å². The molecule has 0 spiro atoms. The summed E-state index contributed by atoms with van der Waals surface area (Å²) in [5.74, 6) is -2.27. The van der Waals surface area contributed by atoms with Crippen LogP contribution < -0.4 is 0 Å². The van der Waals surface area contributed by atoms with E-state index in [1.807, 2.05) is 0 Å². The van der Waals surface area contributed by atoms with Gasteiger partial charge in [-0.3, -0.25) is 9.59 Å². The van der Waals surface area contributed by atoms with Gasteiger partial charge in [0.05, 0.1) is 5.92 Å². The molecule has 1 rings (SSSR count). The molecule has 0 aromatic heterocycles. The normalized spacial score (nSPS) is 11.9. The number of carbonyl (C=O) groups excluding carboxylic acids is 1. The van der Waals surface area contributed by atoms with Crippen molar-refractivity contribution in [3.05, 3.63) is 35.6 Å². The number of carboxylic acids is 1. The monoisotopic (exact) mass is 253 g/mol. The van der Waals surface area contributed by atoms with Gasteiger partial charge in [-0.25, -0.2) is 4.39 Å². The van der Waals surface area contributed by atoms with Gasteiger partial charge in [-0.1, -0.05) is 6.92 Å². The summed E-state index contributed by atoms with van der Waals surface area (Å²) in [6.45, 7) is 3.87. The molecule has 0 heterocycles. The van der Waals surface area contributed by atoms with Crippen molar-refractivity contribution < 1.29 is 19.1 Å². The fourth-order valence-corrected chi connectivity index (χ4v) is 1.54. The number of amides is 1. The Hall–Kier alpha value is -1.91. The Bertz CT molecular complexity index is 430. The lowest BCUT2D eigenvalue weighted by Gasteiger charge is -2.22. The van der Waals surface area contributed by atoms with Crippen LogP contribution in [-0.4, -0.2) is 35.0 Å². The van der Waals surface area contributed by atoms with Gasteiger partial charge in [-0.05, 0) is 31.2 Å². The van der Waals surface area contributed by atoms with Crippen molar-refractivity contribution >= 4 is 11.9 Å². The van der Waals surface area contributed by atoms with E-state index in [-0.39, 0.29) is 12.5 Å². The SMILES string of the molecule is CCN(CC(C)C(=O)O)C(=O)c1ccc(F)cc1. The topological polar surface area (TPSA) is 57.6 Å². The molecule has 1 atom stereocenters. The smallest absolute Gasteiger partial charge is 0.308 e. The first-order valence-electron chi connectivity index (χ1n) is 5.73. The molecule has 0 bridgehead atoms. The van der Waals surface area contributed by atoms with Crippen LogP contribution in [0, 0.1) is 11.7 Å². The van der Waals surface area contributed by atoms with E-state index in [4.69, 9.17) is 5.11 Å². The van der Waals surface area contributed by atoms with Crippen LogP contribution in [-0.2, 0) is 4.79 Å². The van der Waals surface area contributed by atoms with Crippen molar-refractivity contribution in [2.45, 2.75) is 13.8 Å². The van der Waals surface area contributed by atoms with Gasteiger partial charge < -0.3 is 10.0 Å². The summed E-state index contributed by atoms with van der Waals surface area (Å²) in [4.78, 5) is 24.3. The highest BCUT2D eigenvalue weighted by atomic mass is 19.1. The Labute approximate surface area is 105 Å². The number of carboxylic acid groups (broad SMARTS) is 1. The van der Waals surface area contributed by atoms with Gasteiger partial charge in [0.25, 0.3) is 5.91 Å². The molecule has 4 nitrogen and oxygen atoms in total. The molecule has 1 unspecified atom stereocenters. The van der Waals surface area contributed by atoms with E-state index >= 15 is 0 Å². The number of nitrogens with zero attached hydrogens (tertiary/aromatic N) is 1. The average molecular weight is 253 g/mol. The van der Waals surface area contributed by atoms with Crippen molar-refractivity contribution in [1.29, 1.82) is 0 Å². The molecule has 1 aromatic carbocycles. The molecule has 1 aromatic rings. The molecule has 1 amide bonds. The number of rotatable bonds is 5. The van der Waals surface area contributed by atoms with E-state index < -0.39 is 17.7 Å². The third kappa shape index (κ3) is 3.55. The minimum absolute atomic E-state index is 0.141. The number of hydrogen-bond acceptors (Lipinski definition) is 2. The first kappa shape index (κ1) is 14.2. The largest absolute Gasteiger partial charge is 0.481 e. The molecule has 0 saturated carbocycles. The number of halogens is 1. The summed E-state index contributed by atoms with van der Waals surface area (Å²) in [6.07, 6.45) is 0. The van der Waals surface area contributed by atoms with E-state index in [2.05, 4.69) is 0 Å². The Morgan fingerprint density at radius 2 is 1.89 bits per heavy atom. The van der Waals surface area contributed by atoms with Crippen molar-refractivity contribution in [3.8, 4) is 0 Å². The summed E-state index contributed by atoms with van der Waals surface area (Å²) in [7, 11) is 0. The molecule has 0 radical (unpaired) electrons. The maximum Gasteiger partial charge on any atom is 0.308 e. The van der Waals surface area contributed by atoms with Gasteiger partial charge >= 0.3 is 5.97 Å². The van der Waals surface area contributed by atoms with Crippen LogP contribution in [0.25, 0.3) is 0 Å². The van der Waals surface area contributed by atoms with Gasteiger partial charge in [0.2, 0.25) is 0 Å². The summed E-state index contributed by atoms with van der Waals surface area (Å²) >= 11 is 0. The van der Waals surface area contributed by atoms with E-state index in [0.717, 1.165) is 0 Å². The van der Waals surface area contributed by atoms with Crippen LogP contribution in [0.4, 0.5) is 4.39 Å². The maximum atomic E-state index is 12.7. The zero-order valence-corrected chi connectivity index (χ0v) is 10.4. The van der Waals surface area contributed by atoms with Crippen LogP contribution in [0.5, 0.6) is 0 Å². The summed E-state index contributed by atoms with van der Waals surface area (Å²) in [6, 6.07) is 5.21. The third-order valence-corrected chi connectivity index (χ3v) is 2.68. The summed E-state index contributed by atoms with van der Waals surface area (Å²) in [5, 5.41) is 8.83. The minimum Gasteiger partial charge on any atom is -0.481 e. The molecule has 98 valence electrons. The molecule has 0 fully saturated rings. The quantitative estimate of drug-likeness (QED) is 0.873. The van der Waals surface area contributed by atoms with Crippen LogP contribution >= 0.6 is 0 Å². The van der Waals surface area contributed by atoms with Crippen molar-refractivity contribution in [3.63, 3.8) is 0 Å². The highest BCUT2D eigenvalue weighted by Gasteiger charge is 2.20. The molecule has 5 heteroatoms. The van der Waals surface area contributed by atoms with E-state index in [0.29, 0.717) is 12.1 Å². The second kappa shape index (κ2) is 6.14. The molecule has 0 saturated heterocycles. The second-order valence-corrected chi connectivity index (χ2v) is 4.09. The molecular weight excluding hydrogens is 237 g/mol. The van der Waals surface area contributed by atoms with Crippen molar-refractivity contribution in [2.75, 3.05) is 13.1 Å². The van der Waals surface area contributed by atoms with Crippen LogP contribution in [0.15, 0.2) is 24.3 Å². The van der Waals surface area contributed by atoms with Gasteiger partial charge in [0, 0.05) is 18.7 Å². The average Bonchev–Trinajstić information content (AvgIpc) is 2.35. The zero-order valence-electron chi connectivity index (χ0n) is 10.4. The van der Waals surface area contributed by atoms with E-state index in [1.54, 1.807) is 13.8 Å². The standard InChI is InChI=1S/C13H16FNO3/c1-3-15(8-9(2)13(17)18)12(16)10-4-6-11(14)7-5-10/h4-7,9H,3,8H2,1-2H3,(H,17,18). The zero-order chi connectivity index (χ0) is 13.7. The van der Waals surface area contributed by atoms with Gasteiger partial charge in [0.1, 0.15) is 5.82 Å². The predicted octanol–water partition coefficient (Wildman–Crippen LogP) is 2.01. The third-order valence-electron chi connectivity index (χ3n) is 2.68. The summed E-state index contributed by atoms with van der Waals surface area (Å²) in [5.41, 5.74) is 0.357. The fourth-order valence-electron chi connectivity index (χ4n) is 1.54. The van der Waals surface area contributed by atoms with Gasteiger partial charge in [-0.15, -0.1) is 0 Å². The molecule has 1 N–H and O–H groups in total. The highest BCUT2D eigenvalue weighted by Crippen LogP contribution is 2.09. The number of aliphatic carboxylic acids is 1. The minimum atomic E-state index is -0.944. The van der Waals surface area contributed by atoms with Crippen molar-refractivity contribution in [2.24, 2.45) is 5.92 Å². The van der Waals surface area contributed by atoms with Crippen LogP contribution in [0.1, 0.15) is 24.2 Å². The lowest BCUT2D eigenvalue weighted by Crippen LogP contribution is -2.36. The van der Waals surface area contributed by atoms with Gasteiger partial charge in [-0.2, -0.15) is 0 Å². The number of hydrogen-bond donors (Lipinski definition) is 1. The first-order valence-corrected chi connectivity index (χ1v) is 5.73. The van der Waals surface area contributed by atoms with E-state index in [9.17, 15) is 14.0 Å². The Balaban J connectivity index is 2.79. The summed E-state index contributed by atoms with van der Waals surface area (Å²) < 4.78 is 12.7. The molecule has 0 aliphatic carbocycles. The molecular formula is C13H16FNO3. The maximum absolute atomic E-state index is 12.7. The predicted molar refractivity (Wildman–Crippen MR) is 64.8 cm³/mol. The molecule has 18 heavy (non-hydrogen) atoms. The highest BCUT2D eigenvalue weighted by molar-refractivity contribution is 5.94. The Kier molecular flexibility index (Phi) is 4.83. The number of benzene rings is 1. The fraction of sp³-hybridized carbons (Fsp3) is 0.385. The molecule has 0 aliphatic rings. The van der Waals surface area contributed by atoms with E-state index in [1.165, 1.54) is 29.2 Å². The van der Waals surface area contributed by atoms with Crippen LogP contribution in [0.3, 0.4) is 0 Å². The Morgan fingerprint density at radius 3 is 2.33 bits per heavy atom. The second-order valence-electron chi connectivity index (χ2n) is 4.09. The lowest BCUT2D eigenvalue weighted by atomic mass is 10.1. The van der Waals surface area contributed by atoms with Crippen LogP contribution in [0.2, 0.25) is 0 Å². The first-order chi connectivity index (χ1) is 8.45. The Morgan fingerprint density at radius 1 is 1.33 bits per heavy atom.